The molecule has 100 valence electrons. The lowest BCUT2D eigenvalue weighted by Crippen LogP contribution is -2.01. The van der Waals surface area contributed by atoms with Crippen LogP contribution in [0.25, 0.3) is 11.0 Å². The van der Waals surface area contributed by atoms with E-state index in [2.05, 4.69) is 9.97 Å². The summed E-state index contributed by atoms with van der Waals surface area (Å²) in [6.07, 6.45) is 3.33. The van der Waals surface area contributed by atoms with Gasteiger partial charge in [-0.1, -0.05) is 11.6 Å². The van der Waals surface area contributed by atoms with Crippen molar-refractivity contribution in [2.24, 2.45) is 0 Å². The summed E-state index contributed by atoms with van der Waals surface area (Å²) in [4.78, 5) is 19.7. The van der Waals surface area contributed by atoms with Crippen LogP contribution >= 0.6 is 11.6 Å². The van der Waals surface area contributed by atoms with Crippen molar-refractivity contribution < 1.29 is 9.53 Å². The van der Waals surface area contributed by atoms with Gasteiger partial charge in [0.2, 0.25) is 0 Å². The number of rotatable bonds is 3. The van der Waals surface area contributed by atoms with Gasteiger partial charge >= 0.3 is 0 Å². The largest absolute Gasteiger partial charge is 0.497 e. The Morgan fingerprint density at radius 1 is 1.30 bits per heavy atom. The highest BCUT2D eigenvalue weighted by molar-refractivity contribution is 6.35. The van der Waals surface area contributed by atoms with Crippen LogP contribution < -0.4 is 4.74 Å². The van der Waals surface area contributed by atoms with Gasteiger partial charge in [0.1, 0.15) is 11.4 Å². The molecule has 0 spiro atoms. The van der Waals surface area contributed by atoms with Crippen molar-refractivity contribution in [1.29, 1.82) is 0 Å². The second kappa shape index (κ2) is 4.98. The molecule has 0 atom stereocenters. The first-order valence-electron chi connectivity index (χ1n) is 6.01. The molecule has 2 aromatic heterocycles. The van der Waals surface area contributed by atoms with Gasteiger partial charge in [-0.2, -0.15) is 0 Å². The molecule has 5 heteroatoms. The Kier molecular flexibility index (Phi) is 3.16. The molecule has 0 saturated carbocycles. The molecule has 0 radical (unpaired) electrons. The van der Waals surface area contributed by atoms with E-state index in [0.717, 1.165) is 5.39 Å². The molecule has 0 bridgehead atoms. The van der Waals surface area contributed by atoms with Crippen LogP contribution in [0.4, 0.5) is 0 Å². The summed E-state index contributed by atoms with van der Waals surface area (Å²) >= 11 is 6.14. The smallest absolute Gasteiger partial charge is 0.196 e. The van der Waals surface area contributed by atoms with E-state index < -0.39 is 0 Å². The first-order chi connectivity index (χ1) is 9.70. The van der Waals surface area contributed by atoms with Gasteiger partial charge in [0.25, 0.3) is 0 Å². The van der Waals surface area contributed by atoms with E-state index in [1.807, 2.05) is 6.07 Å². The minimum absolute atomic E-state index is 0.142. The topological polar surface area (TPSA) is 55.0 Å². The van der Waals surface area contributed by atoms with Gasteiger partial charge in [-0.05, 0) is 30.3 Å². The zero-order valence-electron chi connectivity index (χ0n) is 10.7. The maximum absolute atomic E-state index is 12.6. The zero-order chi connectivity index (χ0) is 14.1. The Bertz CT molecular complexity index is 795. The Morgan fingerprint density at radius 2 is 2.15 bits per heavy atom. The van der Waals surface area contributed by atoms with Gasteiger partial charge in [0.05, 0.1) is 12.1 Å². The number of methoxy groups -OCH3 is 1. The normalized spacial score (nSPS) is 10.7. The van der Waals surface area contributed by atoms with Gasteiger partial charge in [-0.25, -0.2) is 4.98 Å². The summed E-state index contributed by atoms with van der Waals surface area (Å²) in [5, 5.41) is 1.15. The third kappa shape index (κ3) is 2.04. The molecular formula is C15H11ClN2O2. The van der Waals surface area contributed by atoms with Crippen molar-refractivity contribution in [2.75, 3.05) is 7.11 Å². The van der Waals surface area contributed by atoms with E-state index in [-0.39, 0.29) is 5.78 Å². The number of carbonyl (C=O) groups is 1. The summed E-state index contributed by atoms with van der Waals surface area (Å²) in [6, 6.07) is 8.65. The van der Waals surface area contributed by atoms with Crippen LogP contribution in [0, 0.1) is 0 Å². The molecular weight excluding hydrogens is 276 g/mol. The molecule has 3 aromatic rings. The number of hydrogen-bond acceptors (Lipinski definition) is 3. The Hall–Kier alpha value is -2.33. The highest BCUT2D eigenvalue weighted by atomic mass is 35.5. The van der Waals surface area contributed by atoms with Crippen LogP contribution in [0.1, 0.15) is 15.9 Å². The predicted octanol–water partition coefficient (Wildman–Crippen LogP) is 3.46. The van der Waals surface area contributed by atoms with E-state index in [0.29, 0.717) is 27.5 Å². The van der Waals surface area contributed by atoms with Crippen LogP contribution in [0.5, 0.6) is 5.75 Å². The molecule has 2 heterocycles. The predicted molar refractivity (Wildman–Crippen MR) is 77.5 cm³/mol. The van der Waals surface area contributed by atoms with Crippen LogP contribution in [-0.2, 0) is 0 Å². The fourth-order valence-corrected chi connectivity index (χ4v) is 2.35. The molecule has 1 N–H and O–H groups in total. The molecule has 20 heavy (non-hydrogen) atoms. The number of hydrogen-bond donors (Lipinski definition) is 1. The highest BCUT2D eigenvalue weighted by Gasteiger charge is 2.17. The third-order valence-electron chi connectivity index (χ3n) is 3.12. The van der Waals surface area contributed by atoms with E-state index in [1.54, 1.807) is 43.8 Å². The van der Waals surface area contributed by atoms with Crippen molar-refractivity contribution >= 4 is 28.4 Å². The standard InChI is InChI=1S/C15H11ClN2O2/c1-20-9-4-5-11(13(16)7-9)14(19)12-8-18-15-10(12)3-2-6-17-15/h2-8H,1H3,(H,17,18). The van der Waals surface area contributed by atoms with Gasteiger partial charge in [0.15, 0.2) is 5.78 Å². The van der Waals surface area contributed by atoms with Crippen LogP contribution in [-0.4, -0.2) is 22.9 Å². The molecule has 0 aliphatic heterocycles. The fourth-order valence-electron chi connectivity index (χ4n) is 2.10. The average Bonchev–Trinajstić information content (AvgIpc) is 2.90. The highest BCUT2D eigenvalue weighted by Crippen LogP contribution is 2.26. The van der Waals surface area contributed by atoms with Crippen molar-refractivity contribution in [3.63, 3.8) is 0 Å². The Balaban J connectivity index is 2.09. The number of nitrogens with one attached hydrogen (secondary N) is 1. The number of H-pyrrole nitrogens is 1. The summed E-state index contributed by atoms with van der Waals surface area (Å²) in [5.41, 5.74) is 1.68. The maximum Gasteiger partial charge on any atom is 0.196 e. The van der Waals surface area contributed by atoms with E-state index in [9.17, 15) is 4.79 Å². The van der Waals surface area contributed by atoms with E-state index in [4.69, 9.17) is 16.3 Å². The molecule has 0 aliphatic carbocycles. The van der Waals surface area contributed by atoms with Gasteiger partial charge in [-0.3, -0.25) is 4.79 Å². The fraction of sp³-hybridized carbons (Fsp3) is 0.0667. The minimum atomic E-state index is -0.142. The maximum atomic E-state index is 12.6. The number of ketones is 1. The average molecular weight is 287 g/mol. The van der Waals surface area contributed by atoms with Crippen LogP contribution in [0.15, 0.2) is 42.7 Å². The lowest BCUT2D eigenvalue weighted by molar-refractivity contribution is 0.104. The third-order valence-corrected chi connectivity index (χ3v) is 3.43. The van der Waals surface area contributed by atoms with E-state index >= 15 is 0 Å². The van der Waals surface area contributed by atoms with Crippen LogP contribution in [0.2, 0.25) is 5.02 Å². The number of carbonyl (C=O) groups excluding carboxylic acids is 1. The first-order valence-corrected chi connectivity index (χ1v) is 6.39. The van der Waals surface area contributed by atoms with E-state index in [1.165, 1.54) is 0 Å². The second-order valence-electron chi connectivity index (χ2n) is 4.28. The number of halogens is 1. The quantitative estimate of drug-likeness (QED) is 0.750. The Morgan fingerprint density at radius 3 is 2.90 bits per heavy atom. The number of nitrogens with zero attached hydrogens (tertiary/aromatic N) is 1. The number of ether oxygens (including phenoxy) is 1. The van der Waals surface area contributed by atoms with Crippen LogP contribution in [0.3, 0.4) is 0 Å². The molecule has 4 nitrogen and oxygen atoms in total. The lowest BCUT2D eigenvalue weighted by atomic mass is 10.0. The molecule has 1 aromatic carbocycles. The van der Waals surface area contributed by atoms with Crippen molar-refractivity contribution in [1.82, 2.24) is 9.97 Å². The van der Waals surface area contributed by atoms with Gasteiger partial charge < -0.3 is 9.72 Å². The van der Waals surface area contributed by atoms with Crippen molar-refractivity contribution in [3.8, 4) is 5.75 Å². The second-order valence-corrected chi connectivity index (χ2v) is 4.68. The van der Waals surface area contributed by atoms with Crippen molar-refractivity contribution in [2.45, 2.75) is 0 Å². The number of pyridine rings is 1. The summed E-state index contributed by atoms with van der Waals surface area (Å²) in [5.74, 6) is 0.476. The monoisotopic (exact) mass is 286 g/mol. The summed E-state index contributed by atoms with van der Waals surface area (Å²) in [6.45, 7) is 0. The summed E-state index contributed by atoms with van der Waals surface area (Å²) in [7, 11) is 1.55. The molecule has 0 saturated heterocycles. The molecule has 3 rings (SSSR count). The van der Waals surface area contributed by atoms with Crippen molar-refractivity contribution in [3.05, 3.63) is 58.9 Å². The van der Waals surface area contributed by atoms with Gasteiger partial charge in [0, 0.05) is 28.9 Å². The first kappa shape index (κ1) is 12.7. The molecule has 0 fully saturated rings. The minimum Gasteiger partial charge on any atom is -0.497 e. The molecule has 0 unspecified atom stereocenters. The number of fused-ring (bicyclic) bond motifs is 1. The molecule has 0 amide bonds. The number of aromatic nitrogens is 2. The zero-order valence-corrected chi connectivity index (χ0v) is 11.4. The van der Waals surface area contributed by atoms with Gasteiger partial charge in [-0.15, -0.1) is 0 Å². The SMILES string of the molecule is COc1ccc(C(=O)c2c[nH]c3ncccc23)c(Cl)c1. The lowest BCUT2D eigenvalue weighted by Gasteiger charge is -2.05. The number of benzene rings is 1. The Labute approximate surface area is 120 Å². The summed E-state index contributed by atoms with van der Waals surface area (Å²) < 4.78 is 5.08. The number of aromatic amines is 1. The molecule has 0 aliphatic rings.